The van der Waals surface area contributed by atoms with Gasteiger partial charge in [0.2, 0.25) is 0 Å². The van der Waals surface area contributed by atoms with Crippen LogP contribution >= 0.6 is 0 Å². The number of ketones is 1. The molecule has 1 fully saturated rings. The second-order valence-corrected chi connectivity index (χ2v) is 7.77. The zero-order valence-corrected chi connectivity index (χ0v) is 14.9. The number of Topliss-reactive ketones (excluding diaryl/α,β-unsaturated/α-hetero) is 1. The van der Waals surface area contributed by atoms with E-state index >= 15 is 0 Å². The number of imide groups is 1. The molecule has 1 N–H and O–H groups in total. The number of rotatable bonds is 4. The van der Waals surface area contributed by atoms with Crippen molar-refractivity contribution in [3.63, 3.8) is 0 Å². The average Bonchev–Trinajstić information content (AvgIpc) is 3.06. The number of aliphatic hydroxyl groups is 1. The number of aliphatic hydroxyl groups excluding tert-OH is 1. The quantitative estimate of drug-likeness (QED) is 0.667. The lowest BCUT2D eigenvalue weighted by Crippen LogP contribution is -2.46. The molecule has 2 aliphatic carbocycles. The normalized spacial score (nSPS) is 30.5. The molecule has 1 aliphatic heterocycles. The van der Waals surface area contributed by atoms with E-state index in [4.69, 9.17) is 0 Å². The summed E-state index contributed by atoms with van der Waals surface area (Å²) in [7, 11) is 0. The fourth-order valence-corrected chi connectivity index (χ4v) is 5.05. The maximum atomic E-state index is 12.6. The molecule has 1 aromatic rings. The molecule has 3 aliphatic rings. The van der Waals surface area contributed by atoms with E-state index < -0.39 is 11.5 Å². The Morgan fingerprint density at radius 2 is 1.81 bits per heavy atom. The topological polar surface area (TPSA) is 74.7 Å². The molecule has 5 nitrogen and oxygen atoms in total. The third kappa shape index (κ3) is 2.37. The molecule has 1 heterocycles. The Labute approximate surface area is 152 Å². The molecule has 4 rings (SSSR count). The highest BCUT2D eigenvalue weighted by atomic mass is 16.3. The van der Waals surface area contributed by atoms with Crippen LogP contribution in [0.25, 0.3) is 0 Å². The van der Waals surface area contributed by atoms with Crippen LogP contribution < -0.4 is 0 Å². The van der Waals surface area contributed by atoms with Gasteiger partial charge < -0.3 is 5.11 Å². The van der Waals surface area contributed by atoms with Crippen LogP contribution in [-0.4, -0.2) is 40.3 Å². The summed E-state index contributed by atoms with van der Waals surface area (Å²) in [5.41, 5.74) is 1.29. The SMILES string of the molecule is CC1=C[C@H](O)[C@]2(CCCN3C(=O)c4ccccc4C3=O)C(=O)CC[C@H]2C1. The van der Waals surface area contributed by atoms with Crippen molar-refractivity contribution >= 4 is 17.6 Å². The van der Waals surface area contributed by atoms with Gasteiger partial charge >= 0.3 is 0 Å². The molecule has 0 radical (unpaired) electrons. The van der Waals surface area contributed by atoms with Crippen LogP contribution in [0.4, 0.5) is 0 Å². The molecule has 2 amide bonds. The highest BCUT2D eigenvalue weighted by Crippen LogP contribution is 2.52. The van der Waals surface area contributed by atoms with Gasteiger partial charge in [-0.05, 0) is 50.7 Å². The van der Waals surface area contributed by atoms with Crippen molar-refractivity contribution in [1.29, 1.82) is 0 Å². The second kappa shape index (κ2) is 6.16. The van der Waals surface area contributed by atoms with Crippen LogP contribution in [0.2, 0.25) is 0 Å². The van der Waals surface area contributed by atoms with Crippen molar-refractivity contribution in [2.75, 3.05) is 6.54 Å². The average molecular weight is 353 g/mol. The van der Waals surface area contributed by atoms with E-state index in [-0.39, 0.29) is 30.1 Å². The zero-order chi connectivity index (χ0) is 18.5. The van der Waals surface area contributed by atoms with E-state index in [2.05, 4.69) is 0 Å². The van der Waals surface area contributed by atoms with Gasteiger partial charge in [0, 0.05) is 13.0 Å². The predicted octanol–water partition coefficient (Wildman–Crippen LogP) is 2.74. The predicted molar refractivity (Wildman–Crippen MR) is 95.6 cm³/mol. The van der Waals surface area contributed by atoms with Gasteiger partial charge in [-0.25, -0.2) is 0 Å². The maximum absolute atomic E-state index is 12.6. The van der Waals surface area contributed by atoms with Gasteiger partial charge in [-0.2, -0.15) is 0 Å². The van der Waals surface area contributed by atoms with Gasteiger partial charge in [-0.15, -0.1) is 0 Å². The number of hydrogen-bond donors (Lipinski definition) is 1. The fraction of sp³-hybridized carbons (Fsp3) is 0.476. The van der Waals surface area contributed by atoms with Crippen LogP contribution in [0.3, 0.4) is 0 Å². The zero-order valence-electron chi connectivity index (χ0n) is 14.9. The molecular formula is C21H23NO4. The number of allylic oxidation sites excluding steroid dienone is 1. The van der Waals surface area contributed by atoms with E-state index in [0.29, 0.717) is 30.4 Å². The summed E-state index contributed by atoms with van der Waals surface area (Å²) in [4.78, 5) is 38.8. The maximum Gasteiger partial charge on any atom is 0.261 e. The summed E-state index contributed by atoms with van der Waals surface area (Å²) in [6.07, 6.45) is 4.24. The summed E-state index contributed by atoms with van der Waals surface area (Å²) >= 11 is 0. The van der Waals surface area contributed by atoms with E-state index in [9.17, 15) is 19.5 Å². The molecule has 136 valence electrons. The van der Waals surface area contributed by atoms with Crippen molar-refractivity contribution in [2.45, 2.75) is 45.1 Å². The molecule has 0 bridgehead atoms. The second-order valence-electron chi connectivity index (χ2n) is 7.77. The highest BCUT2D eigenvalue weighted by Gasteiger charge is 2.54. The Hall–Kier alpha value is -2.27. The minimum absolute atomic E-state index is 0.126. The minimum Gasteiger partial charge on any atom is -0.388 e. The van der Waals surface area contributed by atoms with Crippen LogP contribution in [-0.2, 0) is 4.79 Å². The van der Waals surface area contributed by atoms with Crippen molar-refractivity contribution < 1.29 is 19.5 Å². The van der Waals surface area contributed by atoms with Gasteiger partial charge in [0.05, 0.1) is 22.6 Å². The molecule has 0 spiro atoms. The molecule has 1 aromatic carbocycles. The number of nitrogens with zero attached hydrogens (tertiary/aromatic N) is 1. The van der Waals surface area contributed by atoms with Crippen molar-refractivity contribution in [2.24, 2.45) is 11.3 Å². The lowest BCUT2D eigenvalue weighted by molar-refractivity contribution is -0.134. The number of fused-ring (bicyclic) bond motifs is 2. The summed E-state index contributed by atoms with van der Waals surface area (Å²) in [6, 6.07) is 6.84. The molecule has 5 heteroatoms. The lowest BCUT2D eigenvalue weighted by Gasteiger charge is -2.41. The van der Waals surface area contributed by atoms with Gasteiger partial charge in [-0.3, -0.25) is 19.3 Å². The Bertz CT molecular complexity index is 792. The summed E-state index contributed by atoms with van der Waals surface area (Å²) < 4.78 is 0. The number of carbonyl (C=O) groups is 3. The smallest absolute Gasteiger partial charge is 0.261 e. The van der Waals surface area contributed by atoms with E-state index in [1.807, 2.05) is 13.0 Å². The molecule has 0 aromatic heterocycles. The van der Waals surface area contributed by atoms with Gasteiger partial charge in [0.15, 0.2) is 0 Å². The monoisotopic (exact) mass is 353 g/mol. The Morgan fingerprint density at radius 3 is 2.46 bits per heavy atom. The van der Waals surface area contributed by atoms with Gasteiger partial charge in [-0.1, -0.05) is 23.8 Å². The molecular weight excluding hydrogens is 330 g/mol. The summed E-state index contributed by atoms with van der Waals surface area (Å²) in [5, 5.41) is 10.7. The van der Waals surface area contributed by atoms with Crippen molar-refractivity contribution in [1.82, 2.24) is 4.90 Å². The minimum atomic E-state index is -0.765. The standard InChI is InChI=1S/C21H23NO4/c1-13-11-14-7-8-17(23)21(14,18(24)12-13)9-4-10-22-19(25)15-5-2-3-6-16(15)20(22)26/h2-3,5-6,12,14,18,24H,4,7-11H2,1H3/t14-,18-,21-/m0/s1. The number of benzene rings is 1. The Balaban J connectivity index is 1.49. The Morgan fingerprint density at radius 1 is 1.15 bits per heavy atom. The largest absolute Gasteiger partial charge is 0.388 e. The molecule has 0 saturated heterocycles. The van der Waals surface area contributed by atoms with Crippen LogP contribution in [0.15, 0.2) is 35.9 Å². The molecule has 0 unspecified atom stereocenters. The van der Waals surface area contributed by atoms with Gasteiger partial charge in [0.25, 0.3) is 11.8 Å². The number of carbonyl (C=O) groups excluding carboxylic acids is 3. The third-order valence-corrected chi connectivity index (χ3v) is 6.36. The number of amides is 2. The summed E-state index contributed by atoms with van der Waals surface area (Å²) in [6.45, 7) is 2.28. The molecule has 26 heavy (non-hydrogen) atoms. The lowest BCUT2D eigenvalue weighted by atomic mass is 9.64. The van der Waals surface area contributed by atoms with Crippen LogP contribution in [0, 0.1) is 11.3 Å². The Kier molecular flexibility index (Phi) is 4.07. The van der Waals surface area contributed by atoms with E-state index in [1.165, 1.54) is 4.90 Å². The first-order valence-electron chi connectivity index (χ1n) is 9.29. The third-order valence-electron chi connectivity index (χ3n) is 6.36. The van der Waals surface area contributed by atoms with Crippen LogP contribution in [0.1, 0.15) is 59.7 Å². The first-order valence-corrected chi connectivity index (χ1v) is 9.29. The molecule has 3 atom stereocenters. The van der Waals surface area contributed by atoms with E-state index in [1.54, 1.807) is 24.3 Å². The van der Waals surface area contributed by atoms with Crippen molar-refractivity contribution in [3.05, 3.63) is 47.0 Å². The first-order chi connectivity index (χ1) is 12.4. The summed E-state index contributed by atoms with van der Waals surface area (Å²) in [5.74, 6) is -0.243. The molecule has 1 saturated carbocycles. The highest BCUT2D eigenvalue weighted by molar-refractivity contribution is 6.21. The van der Waals surface area contributed by atoms with Gasteiger partial charge in [0.1, 0.15) is 5.78 Å². The first kappa shape index (κ1) is 17.2. The number of hydrogen-bond acceptors (Lipinski definition) is 4. The van der Waals surface area contributed by atoms with Crippen LogP contribution in [0.5, 0.6) is 0 Å². The fourth-order valence-electron chi connectivity index (χ4n) is 5.05. The van der Waals surface area contributed by atoms with E-state index in [0.717, 1.165) is 18.4 Å². The van der Waals surface area contributed by atoms with Crippen molar-refractivity contribution in [3.8, 4) is 0 Å².